The molecule has 0 aliphatic carbocycles. The van der Waals surface area contributed by atoms with Gasteiger partial charge < -0.3 is 5.11 Å². The van der Waals surface area contributed by atoms with Crippen LogP contribution in [0.5, 0.6) is 0 Å². The molecule has 1 saturated heterocycles. The molecule has 2 aromatic carbocycles. The lowest BCUT2D eigenvalue weighted by Gasteiger charge is -2.28. The number of carboxylic acids is 1. The van der Waals surface area contributed by atoms with E-state index in [0.717, 1.165) is 16.7 Å². The van der Waals surface area contributed by atoms with Crippen LogP contribution in [0.15, 0.2) is 36.4 Å². The summed E-state index contributed by atoms with van der Waals surface area (Å²) in [7, 11) is 0. The summed E-state index contributed by atoms with van der Waals surface area (Å²) >= 11 is 7.44. The van der Waals surface area contributed by atoms with E-state index in [1.54, 1.807) is 29.2 Å². The summed E-state index contributed by atoms with van der Waals surface area (Å²) in [5, 5.41) is 9.93. The number of rotatable bonds is 3. The maximum Gasteiger partial charge on any atom is 0.337 e. The molecule has 0 radical (unpaired) electrons. The van der Waals surface area contributed by atoms with Crippen LogP contribution in [0.25, 0.3) is 0 Å². The summed E-state index contributed by atoms with van der Waals surface area (Å²) in [6.07, 6.45) is 0. The highest BCUT2D eigenvalue weighted by Crippen LogP contribution is 2.44. The number of carbonyl (C=O) groups excluding carboxylic acids is 1. The predicted molar refractivity (Wildman–Crippen MR) is 97.0 cm³/mol. The Morgan fingerprint density at radius 1 is 1.21 bits per heavy atom. The van der Waals surface area contributed by atoms with Crippen molar-refractivity contribution in [1.82, 2.24) is 0 Å². The average molecular weight is 362 g/mol. The summed E-state index contributed by atoms with van der Waals surface area (Å²) in [6.45, 7) is 3.77. The highest BCUT2D eigenvalue weighted by Gasteiger charge is 2.37. The van der Waals surface area contributed by atoms with Gasteiger partial charge in [-0.05, 0) is 48.7 Å². The zero-order valence-electron chi connectivity index (χ0n) is 13.2. The number of carboxylic acid groups (broad SMARTS) is 1. The second kappa shape index (κ2) is 6.49. The van der Waals surface area contributed by atoms with Crippen molar-refractivity contribution < 1.29 is 14.7 Å². The van der Waals surface area contributed by atoms with Crippen LogP contribution in [0.4, 0.5) is 5.69 Å². The largest absolute Gasteiger partial charge is 0.478 e. The van der Waals surface area contributed by atoms with E-state index in [2.05, 4.69) is 0 Å². The lowest BCUT2D eigenvalue weighted by Crippen LogP contribution is -2.30. The molecule has 0 bridgehead atoms. The van der Waals surface area contributed by atoms with E-state index in [4.69, 9.17) is 11.6 Å². The number of benzene rings is 2. The number of aromatic carboxylic acids is 1. The Labute approximate surface area is 149 Å². The second-order valence-corrected chi connectivity index (χ2v) is 7.19. The summed E-state index contributed by atoms with van der Waals surface area (Å²) in [6, 6.07) is 10.6. The molecule has 3 rings (SSSR count). The number of halogens is 1. The molecule has 1 atom stereocenters. The molecular formula is C18H16ClNO3S. The van der Waals surface area contributed by atoms with Gasteiger partial charge in [0.2, 0.25) is 5.91 Å². The molecular weight excluding hydrogens is 346 g/mol. The molecule has 1 aliphatic rings. The van der Waals surface area contributed by atoms with Crippen molar-refractivity contribution in [2.45, 2.75) is 19.2 Å². The quantitative estimate of drug-likeness (QED) is 0.878. The van der Waals surface area contributed by atoms with Crippen LogP contribution < -0.4 is 4.90 Å². The van der Waals surface area contributed by atoms with Gasteiger partial charge in [0.05, 0.1) is 17.0 Å². The third-order valence-corrected chi connectivity index (χ3v) is 5.66. The van der Waals surface area contributed by atoms with Crippen molar-refractivity contribution in [3.63, 3.8) is 0 Å². The zero-order valence-corrected chi connectivity index (χ0v) is 14.8. The molecule has 1 heterocycles. The standard InChI is InChI=1S/C18H16ClNO3S/c1-10-3-8-14(18(22)23)16(11(10)2)20-15(21)9-24-17(20)12-4-6-13(19)7-5-12/h3-8,17H,9H2,1-2H3,(H,22,23). The van der Waals surface area contributed by atoms with Crippen molar-refractivity contribution >= 4 is 40.9 Å². The summed E-state index contributed by atoms with van der Waals surface area (Å²) in [5.41, 5.74) is 3.32. The zero-order chi connectivity index (χ0) is 17.4. The first-order valence-electron chi connectivity index (χ1n) is 7.42. The fourth-order valence-corrected chi connectivity index (χ4v) is 4.11. The molecule has 6 heteroatoms. The summed E-state index contributed by atoms with van der Waals surface area (Å²) < 4.78 is 0. The van der Waals surface area contributed by atoms with Gasteiger partial charge in [-0.1, -0.05) is 29.8 Å². The molecule has 24 heavy (non-hydrogen) atoms. The number of amides is 1. The van der Waals surface area contributed by atoms with Crippen LogP contribution in [0, 0.1) is 13.8 Å². The minimum Gasteiger partial charge on any atom is -0.478 e. The van der Waals surface area contributed by atoms with Crippen molar-refractivity contribution in [1.29, 1.82) is 0 Å². The number of thioether (sulfide) groups is 1. The molecule has 1 amide bonds. The van der Waals surface area contributed by atoms with Gasteiger partial charge in [-0.2, -0.15) is 0 Å². The first-order chi connectivity index (χ1) is 11.4. The number of carbonyl (C=O) groups is 2. The number of hydrogen-bond acceptors (Lipinski definition) is 3. The molecule has 1 unspecified atom stereocenters. The first-order valence-corrected chi connectivity index (χ1v) is 8.85. The van der Waals surface area contributed by atoms with E-state index in [1.807, 2.05) is 26.0 Å². The van der Waals surface area contributed by atoms with Gasteiger partial charge in [0.1, 0.15) is 5.37 Å². The van der Waals surface area contributed by atoms with Crippen LogP contribution >= 0.6 is 23.4 Å². The molecule has 2 aromatic rings. The molecule has 1 aliphatic heterocycles. The second-order valence-electron chi connectivity index (χ2n) is 5.69. The number of hydrogen-bond donors (Lipinski definition) is 1. The van der Waals surface area contributed by atoms with Gasteiger partial charge >= 0.3 is 5.97 Å². The smallest absolute Gasteiger partial charge is 0.337 e. The average Bonchev–Trinajstić information content (AvgIpc) is 2.92. The van der Waals surface area contributed by atoms with Crippen LogP contribution in [-0.4, -0.2) is 22.7 Å². The lowest BCUT2D eigenvalue weighted by molar-refractivity contribution is -0.115. The SMILES string of the molecule is Cc1ccc(C(=O)O)c(N2C(=O)CSC2c2ccc(Cl)cc2)c1C. The molecule has 0 spiro atoms. The van der Waals surface area contributed by atoms with E-state index in [9.17, 15) is 14.7 Å². The highest BCUT2D eigenvalue weighted by atomic mass is 35.5. The third-order valence-electron chi connectivity index (χ3n) is 4.20. The van der Waals surface area contributed by atoms with Crippen LogP contribution in [0.1, 0.15) is 32.4 Å². The monoisotopic (exact) mass is 361 g/mol. The number of aryl methyl sites for hydroxylation is 1. The minimum atomic E-state index is -1.03. The first kappa shape index (κ1) is 16.9. The maximum atomic E-state index is 12.5. The van der Waals surface area contributed by atoms with Gasteiger partial charge in [0.15, 0.2) is 0 Å². The van der Waals surface area contributed by atoms with E-state index in [1.165, 1.54) is 11.8 Å². The summed E-state index contributed by atoms with van der Waals surface area (Å²) in [5.74, 6) is -0.802. The maximum absolute atomic E-state index is 12.5. The van der Waals surface area contributed by atoms with Gasteiger partial charge in [-0.3, -0.25) is 9.69 Å². The van der Waals surface area contributed by atoms with Gasteiger partial charge in [0.25, 0.3) is 0 Å². The molecule has 1 N–H and O–H groups in total. The molecule has 1 fully saturated rings. The Bertz CT molecular complexity index is 820. The van der Waals surface area contributed by atoms with Crippen molar-refractivity contribution in [2.24, 2.45) is 0 Å². The van der Waals surface area contributed by atoms with Crippen molar-refractivity contribution in [3.05, 3.63) is 63.7 Å². The Morgan fingerprint density at radius 2 is 1.88 bits per heavy atom. The van der Waals surface area contributed by atoms with E-state index < -0.39 is 5.97 Å². The van der Waals surface area contributed by atoms with Gasteiger partial charge in [-0.15, -0.1) is 11.8 Å². The van der Waals surface area contributed by atoms with Crippen molar-refractivity contribution in [2.75, 3.05) is 10.7 Å². The minimum absolute atomic E-state index is 0.0869. The normalized spacial score (nSPS) is 17.4. The molecule has 0 saturated carbocycles. The Hall–Kier alpha value is -1.98. The molecule has 124 valence electrons. The Morgan fingerprint density at radius 3 is 2.50 bits per heavy atom. The number of anilines is 1. The topological polar surface area (TPSA) is 57.6 Å². The van der Waals surface area contributed by atoms with Gasteiger partial charge in [-0.25, -0.2) is 4.79 Å². The fourth-order valence-electron chi connectivity index (χ4n) is 2.82. The Balaban J connectivity index is 2.15. The Kier molecular flexibility index (Phi) is 4.56. The van der Waals surface area contributed by atoms with Crippen LogP contribution in [-0.2, 0) is 4.79 Å². The molecule has 0 aromatic heterocycles. The predicted octanol–water partition coefficient (Wildman–Crippen LogP) is 4.43. The van der Waals surface area contributed by atoms with E-state index in [0.29, 0.717) is 16.5 Å². The third kappa shape index (κ3) is 2.89. The number of nitrogens with zero attached hydrogens (tertiary/aromatic N) is 1. The summed E-state index contributed by atoms with van der Waals surface area (Å²) in [4.78, 5) is 25.8. The fraction of sp³-hybridized carbons (Fsp3) is 0.222. The van der Waals surface area contributed by atoms with Crippen LogP contribution in [0.3, 0.4) is 0 Å². The lowest BCUT2D eigenvalue weighted by atomic mass is 10.0. The van der Waals surface area contributed by atoms with Gasteiger partial charge in [0, 0.05) is 5.02 Å². The molecule has 4 nitrogen and oxygen atoms in total. The highest BCUT2D eigenvalue weighted by molar-refractivity contribution is 8.00. The van der Waals surface area contributed by atoms with Crippen molar-refractivity contribution in [3.8, 4) is 0 Å². The van der Waals surface area contributed by atoms with E-state index >= 15 is 0 Å². The van der Waals surface area contributed by atoms with Crippen LogP contribution in [0.2, 0.25) is 5.02 Å². The van der Waals surface area contributed by atoms with E-state index in [-0.39, 0.29) is 16.8 Å².